The third-order valence-electron chi connectivity index (χ3n) is 1.79. The summed E-state index contributed by atoms with van der Waals surface area (Å²) in [6.07, 6.45) is -1.34. The molecule has 0 aliphatic carbocycles. The van der Waals surface area contributed by atoms with Gasteiger partial charge in [-0.05, 0) is 6.42 Å². The highest BCUT2D eigenvalue weighted by Crippen LogP contribution is 2.09. The van der Waals surface area contributed by atoms with Crippen molar-refractivity contribution in [2.24, 2.45) is 0 Å². The second-order valence-corrected chi connectivity index (χ2v) is 2.86. The smallest absolute Gasteiger partial charge is 0.220 e. The van der Waals surface area contributed by atoms with Crippen molar-refractivity contribution in [1.29, 1.82) is 0 Å². The summed E-state index contributed by atoms with van der Waals surface area (Å²) in [6, 6.07) is 0. The number of Topliss-reactive ketones (excluding diaryl/α,β-unsaturated/α-hetero) is 1. The molecule has 1 fully saturated rings. The van der Waals surface area contributed by atoms with Gasteiger partial charge in [0, 0.05) is 13.0 Å². The topological polar surface area (TPSA) is 76.0 Å². The highest BCUT2D eigenvalue weighted by molar-refractivity contribution is 5.86. The molecule has 2 N–H and O–H groups in total. The maximum Gasteiger partial charge on any atom is 0.220 e. The summed E-state index contributed by atoms with van der Waals surface area (Å²) in [5, 5.41) is 17.7. The van der Waals surface area contributed by atoms with Gasteiger partial charge in [0.05, 0.1) is 13.2 Å². The predicted octanol–water partition coefficient (Wildman–Crippen LogP) is -0.938. The minimum Gasteiger partial charge on any atom is -0.396 e. The average molecular weight is 190 g/mol. The average Bonchev–Trinajstić information content (AvgIpc) is 2.18. The Morgan fingerprint density at radius 1 is 1.46 bits per heavy atom. The Labute approximate surface area is 76.3 Å². The zero-order valence-corrected chi connectivity index (χ0v) is 7.31. The zero-order valence-electron chi connectivity index (χ0n) is 7.31. The summed E-state index contributed by atoms with van der Waals surface area (Å²) in [5.74, 6) is -0.506. The molecule has 0 aromatic carbocycles. The molecule has 5 nitrogen and oxygen atoms in total. The number of ether oxygens (including phenoxy) is 2. The van der Waals surface area contributed by atoms with E-state index in [-0.39, 0.29) is 13.0 Å². The van der Waals surface area contributed by atoms with Crippen molar-refractivity contribution in [3.05, 3.63) is 0 Å². The molecule has 13 heavy (non-hydrogen) atoms. The number of aliphatic hydroxyl groups excluding tert-OH is 2. The van der Waals surface area contributed by atoms with Crippen LogP contribution in [-0.2, 0) is 14.3 Å². The van der Waals surface area contributed by atoms with Gasteiger partial charge in [0.15, 0.2) is 0 Å². The number of rotatable bonds is 4. The van der Waals surface area contributed by atoms with Crippen LogP contribution in [0.15, 0.2) is 0 Å². The van der Waals surface area contributed by atoms with Gasteiger partial charge in [0.25, 0.3) is 0 Å². The van der Waals surface area contributed by atoms with E-state index >= 15 is 0 Å². The van der Waals surface area contributed by atoms with Crippen LogP contribution in [0.2, 0.25) is 0 Å². The molecular weight excluding hydrogens is 176 g/mol. The maximum absolute atomic E-state index is 11.3. The molecule has 0 aromatic heterocycles. The van der Waals surface area contributed by atoms with Crippen LogP contribution in [0.25, 0.3) is 0 Å². The van der Waals surface area contributed by atoms with E-state index in [2.05, 4.69) is 0 Å². The molecule has 0 radical (unpaired) electrons. The fourth-order valence-corrected chi connectivity index (χ4v) is 1.07. The van der Waals surface area contributed by atoms with E-state index < -0.39 is 18.2 Å². The summed E-state index contributed by atoms with van der Waals surface area (Å²) in [7, 11) is 0. The van der Waals surface area contributed by atoms with Gasteiger partial charge < -0.3 is 19.7 Å². The van der Waals surface area contributed by atoms with Gasteiger partial charge in [0.1, 0.15) is 6.10 Å². The van der Waals surface area contributed by atoms with Gasteiger partial charge in [-0.25, -0.2) is 0 Å². The second kappa shape index (κ2) is 5.29. The summed E-state index contributed by atoms with van der Waals surface area (Å²) in [5.41, 5.74) is 0. The summed E-state index contributed by atoms with van der Waals surface area (Å²) in [4.78, 5) is 11.3. The molecule has 1 atom stereocenters. The number of hydrogen-bond acceptors (Lipinski definition) is 5. The number of carbonyl (C=O) groups is 1. The van der Waals surface area contributed by atoms with Gasteiger partial charge >= 0.3 is 0 Å². The SMILES string of the molecule is O=C(C(O)CCO)C1OCCCO1. The molecule has 0 amide bonds. The maximum atomic E-state index is 11.3. The molecule has 1 unspecified atom stereocenters. The third-order valence-corrected chi connectivity index (χ3v) is 1.79. The van der Waals surface area contributed by atoms with Gasteiger partial charge in [-0.1, -0.05) is 0 Å². The van der Waals surface area contributed by atoms with Crippen molar-refractivity contribution >= 4 is 5.78 Å². The number of carbonyl (C=O) groups excluding carboxylic acids is 1. The Hall–Kier alpha value is -0.490. The lowest BCUT2D eigenvalue weighted by Gasteiger charge is -2.23. The van der Waals surface area contributed by atoms with E-state index in [1.54, 1.807) is 0 Å². The molecule has 5 heteroatoms. The third kappa shape index (κ3) is 3.04. The molecule has 0 aromatic rings. The van der Waals surface area contributed by atoms with E-state index in [0.717, 1.165) is 6.42 Å². The van der Waals surface area contributed by atoms with E-state index in [0.29, 0.717) is 13.2 Å². The van der Waals surface area contributed by atoms with Crippen LogP contribution in [0.1, 0.15) is 12.8 Å². The zero-order chi connectivity index (χ0) is 9.68. The van der Waals surface area contributed by atoms with Crippen LogP contribution in [-0.4, -0.2) is 48.2 Å². The first kappa shape index (κ1) is 10.6. The molecular formula is C8H14O5. The lowest BCUT2D eigenvalue weighted by atomic mass is 10.1. The fraction of sp³-hybridized carbons (Fsp3) is 0.875. The minimum atomic E-state index is -1.19. The minimum absolute atomic E-state index is 0.0298. The van der Waals surface area contributed by atoms with Crippen LogP contribution >= 0.6 is 0 Å². The van der Waals surface area contributed by atoms with Crippen LogP contribution in [0.4, 0.5) is 0 Å². The molecule has 1 heterocycles. The van der Waals surface area contributed by atoms with Crippen molar-refractivity contribution < 1.29 is 24.5 Å². The normalized spacial score (nSPS) is 21.4. The van der Waals surface area contributed by atoms with Crippen molar-refractivity contribution in [3.63, 3.8) is 0 Å². The number of ketones is 1. The Balaban J connectivity index is 2.36. The fourth-order valence-electron chi connectivity index (χ4n) is 1.07. The molecule has 1 rings (SSSR count). The van der Waals surface area contributed by atoms with Crippen molar-refractivity contribution in [2.45, 2.75) is 25.2 Å². The molecule has 0 bridgehead atoms. The first-order valence-corrected chi connectivity index (χ1v) is 4.31. The van der Waals surface area contributed by atoms with Crippen molar-refractivity contribution in [1.82, 2.24) is 0 Å². The first-order valence-electron chi connectivity index (χ1n) is 4.31. The Morgan fingerprint density at radius 3 is 2.62 bits per heavy atom. The lowest BCUT2D eigenvalue weighted by Crippen LogP contribution is -2.39. The van der Waals surface area contributed by atoms with E-state index in [4.69, 9.17) is 14.6 Å². The number of aliphatic hydroxyl groups is 2. The number of hydrogen-bond donors (Lipinski definition) is 2. The summed E-state index contributed by atoms with van der Waals surface area (Å²) < 4.78 is 9.99. The quantitative estimate of drug-likeness (QED) is 0.598. The Kier molecular flexibility index (Phi) is 4.31. The van der Waals surface area contributed by atoms with Crippen LogP contribution in [0, 0.1) is 0 Å². The molecule has 1 saturated heterocycles. The van der Waals surface area contributed by atoms with Gasteiger partial charge in [0.2, 0.25) is 12.1 Å². The summed E-state index contributed by atoms with van der Waals surface area (Å²) >= 11 is 0. The Morgan fingerprint density at radius 2 is 2.08 bits per heavy atom. The van der Waals surface area contributed by atoms with E-state index in [1.165, 1.54) is 0 Å². The van der Waals surface area contributed by atoms with E-state index in [9.17, 15) is 9.90 Å². The van der Waals surface area contributed by atoms with Gasteiger partial charge in [-0.2, -0.15) is 0 Å². The van der Waals surface area contributed by atoms with Crippen molar-refractivity contribution in [2.75, 3.05) is 19.8 Å². The molecule has 1 aliphatic rings. The van der Waals surface area contributed by atoms with Crippen LogP contribution in [0.5, 0.6) is 0 Å². The second-order valence-electron chi connectivity index (χ2n) is 2.86. The lowest BCUT2D eigenvalue weighted by molar-refractivity contribution is -0.195. The van der Waals surface area contributed by atoms with Gasteiger partial charge in [-0.15, -0.1) is 0 Å². The Bertz CT molecular complexity index is 164. The standard InChI is InChI=1S/C8H14O5/c9-3-2-6(10)7(11)8-12-4-1-5-13-8/h6,8-10H,1-5H2. The molecule has 1 aliphatic heterocycles. The monoisotopic (exact) mass is 190 g/mol. The van der Waals surface area contributed by atoms with Crippen LogP contribution < -0.4 is 0 Å². The molecule has 0 saturated carbocycles. The largest absolute Gasteiger partial charge is 0.396 e. The molecule has 0 spiro atoms. The van der Waals surface area contributed by atoms with E-state index in [1.807, 2.05) is 0 Å². The predicted molar refractivity (Wildman–Crippen MR) is 43.0 cm³/mol. The van der Waals surface area contributed by atoms with Gasteiger partial charge in [-0.3, -0.25) is 4.79 Å². The van der Waals surface area contributed by atoms with Crippen molar-refractivity contribution in [3.8, 4) is 0 Å². The van der Waals surface area contributed by atoms with Crippen LogP contribution in [0.3, 0.4) is 0 Å². The highest BCUT2D eigenvalue weighted by atomic mass is 16.7. The first-order chi connectivity index (χ1) is 6.25. The molecule has 76 valence electrons. The highest BCUT2D eigenvalue weighted by Gasteiger charge is 2.28. The summed E-state index contributed by atoms with van der Waals surface area (Å²) in [6.45, 7) is 0.726.